The van der Waals surface area contributed by atoms with Crippen molar-refractivity contribution in [2.75, 3.05) is 5.32 Å². The van der Waals surface area contributed by atoms with Crippen molar-refractivity contribution in [3.8, 4) is 0 Å². The molecule has 0 spiro atoms. The Hall–Kier alpha value is -1.77. The number of aryl methyl sites for hydroxylation is 2. The Morgan fingerprint density at radius 3 is 2.83 bits per heavy atom. The monoisotopic (exact) mass is 246 g/mol. The second-order valence-electron chi connectivity index (χ2n) is 4.63. The minimum Gasteiger partial charge on any atom is -0.381 e. The van der Waals surface area contributed by atoms with Gasteiger partial charge in [-0.25, -0.2) is 4.39 Å². The fourth-order valence-corrected chi connectivity index (χ4v) is 2.03. The zero-order valence-electron chi connectivity index (χ0n) is 10.9. The Kier molecular flexibility index (Phi) is 4.03. The molecular formula is C15H19FN2. The predicted octanol–water partition coefficient (Wildman–Crippen LogP) is 3.96. The second kappa shape index (κ2) is 5.71. The summed E-state index contributed by atoms with van der Waals surface area (Å²) in [5.41, 5.74) is 2.97. The molecule has 0 radical (unpaired) electrons. The van der Waals surface area contributed by atoms with Crippen LogP contribution in [0.5, 0.6) is 0 Å². The molecule has 1 aromatic carbocycles. The second-order valence-corrected chi connectivity index (χ2v) is 4.63. The molecule has 0 atom stereocenters. The number of nitrogens with zero attached hydrogens (tertiary/aromatic N) is 1. The topological polar surface area (TPSA) is 17.0 Å². The summed E-state index contributed by atoms with van der Waals surface area (Å²) in [6, 6.07) is 7.10. The van der Waals surface area contributed by atoms with E-state index in [0.717, 1.165) is 30.8 Å². The van der Waals surface area contributed by atoms with Crippen LogP contribution in [0.25, 0.3) is 0 Å². The standard InChI is InChI=1S/C15H19FN2/c1-3-5-18-6-4-13(11-18)10-17-15-8-12(2)7-14(16)9-15/h4,6-9,11,17H,3,5,10H2,1-2H3. The molecule has 18 heavy (non-hydrogen) atoms. The van der Waals surface area contributed by atoms with Gasteiger partial charge in [0.1, 0.15) is 5.82 Å². The highest BCUT2D eigenvalue weighted by atomic mass is 19.1. The number of rotatable bonds is 5. The van der Waals surface area contributed by atoms with E-state index >= 15 is 0 Å². The Balaban J connectivity index is 1.97. The molecule has 0 aliphatic rings. The fourth-order valence-electron chi connectivity index (χ4n) is 2.03. The van der Waals surface area contributed by atoms with Gasteiger partial charge in [-0.3, -0.25) is 0 Å². The predicted molar refractivity (Wildman–Crippen MR) is 73.2 cm³/mol. The summed E-state index contributed by atoms with van der Waals surface area (Å²) in [5.74, 6) is -0.193. The van der Waals surface area contributed by atoms with Crippen LogP contribution < -0.4 is 5.32 Å². The van der Waals surface area contributed by atoms with Crippen LogP contribution in [-0.4, -0.2) is 4.57 Å². The van der Waals surface area contributed by atoms with Gasteiger partial charge < -0.3 is 9.88 Å². The maximum absolute atomic E-state index is 13.2. The van der Waals surface area contributed by atoms with Crippen LogP contribution in [0.2, 0.25) is 0 Å². The third-order valence-corrected chi connectivity index (χ3v) is 2.83. The molecule has 0 amide bonds. The van der Waals surface area contributed by atoms with Crippen LogP contribution in [-0.2, 0) is 13.1 Å². The van der Waals surface area contributed by atoms with Gasteiger partial charge in [-0.1, -0.05) is 6.92 Å². The van der Waals surface area contributed by atoms with Gasteiger partial charge in [-0.2, -0.15) is 0 Å². The molecule has 0 aliphatic heterocycles. The molecule has 0 saturated carbocycles. The summed E-state index contributed by atoms with van der Waals surface area (Å²) >= 11 is 0. The van der Waals surface area contributed by atoms with Crippen molar-refractivity contribution in [1.29, 1.82) is 0 Å². The fraction of sp³-hybridized carbons (Fsp3) is 0.333. The molecular weight excluding hydrogens is 227 g/mol. The molecule has 0 bridgehead atoms. The largest absolute Gasteiger partial charge is 0.381 e. The minimum atomic E-state index is -0.193. The Morgan fingerprint density at radius 1 is 1.28 bits per heavy atom. The maximum atomic E-state index is 13.2. The van der Waals surface area contributed by atoms with E-state index in [1.807, 2.05) is 13.0 Å². The maximum Gasteiger partial charge on any atom is 0.125 e. The van der Waals surface area contributed by atoms with E-state index in [0.29, 0.717) is 0 Å². The van der Waals surface area contributed by atoms with Crippen molar-refractivity contribution in [2.24, 2.45) is 0 Å². The lowest BCUT2D eigenvalue weighted by molar-refractivity contribution is 0.627. The highest BCUT2D eigenvalue weighted by molar-refractivity contribution is 5.46. The van der Waals surface area contributed by atoms with Gasteiger partial charge in [0, 0.05) is 31.2 Å². The summed E-state index contributed by atoms with van der Waals surface area (Å²) in [5, 5.41) is 3.24. The van der Waals surface area contributed by atoms with E-state index in [4.69, 9.17) is 0 Å². The number of halogens is 1. The molecule has 0 unspecified atom stereocenters. The average molecular weight is 246 g/mol. The summed E-state index contributed by atoms with van der Waals surface area (Å²) < 4.78 is 15.4. The molecule has 1 heterocycles. The van der Waals surface area contributed by atoms with Gasteiger partial charge in [-0.05, 0) is 48.7 Å². The van der Waals surface area contributed by atoms with Gasteiger partial charge in [-0.15, -0.1) is 0 Å². The van der Waals surface area contributed by atoms with Crippen LogP contribution in [0.1, 0.15) is 24.5 Å². The SMILES string of the molecule is CCCn1ccc(CNc2cc(C)cc(F)c2)c1. The summed E-state index contributed by atoms with van der Waals surface area (Å²) in [4.78, 5) is 0. The molecule has 3 heteroatoms. The molecule has 2 rings (SSSR count). The van der Waals surface area contributed by atoms with E-state index in [-0.39, 0.29) is 5.82 Å². The van der Waals surface area contributed by atoms with Gasteiger partial charge in [0.05, 0.1) is 0 Å². The van der Waals surface area contributed by atoms with Crippen LogP contribution >= 0.6 is 0 Å². The van der Waals surface area contributed by atoms with Gasteiger partial charge in [0.15, 0.2) is 0 Å². The molecule has 0 saturated heterocycles. The molecule has 1 N–H and O–H groups in total. The quantitative estimate of drug-likeness (QED) is 0.845. The van der Waals surface area contributed by atoms with Crippen LogP contribution in [0.3, 0.4) is 0 Å². The zero-order chi connectivity index (χ0) is 13.0. The number of anilines is 1. The van der Waals surface area contributed by atoms with Gasteiger partial charge in [0.2, 0.25) is 0 Å². The summed E-state index contributed by atoms with van der Waals surface area (Å²) in [7, 11) is 0. The summed E-state index contributed by atoms with van der Waals surface area (Å²) in [6.07, 6.45) is 5.34. The lowest BCUT2D eigenvalue weighted by Gasteiger charge is -2.06. The van der Waals surface area contributed by atoms with Crippen LogP contribution in [0.15, 0.2) is 36.7 Å². The van der Waals surface area contributed by atoms with E-state index in [9.17, 15) is 4.39 Å². The number of hydrogen-bond acceptors (Lipinski definition) is 1. The Morgan fingerprint density at radius 2 is 2.11 bits per heavy atom. The minimum absolute atomic E-state index is 0.193. The first-order chi connectivity index (χ1) is 8.67. The number of benzene rings is 1. The highest BCUT2D eigenvalue weighted by Gasteiger charge is 1.99. The average Bonchev–Trinajstić information content (AvgIpc) is 2.74. The molecule has 96 valence electrons. The first kappa shape index (κ1) is 12.7. The van der Waals surface area contributed by atoms with Crippen molar-refractivity contribution in [1.82, 2.24) is 4.57 Å². The molecule has 0 aliphatic carbocycles. The van der Waals surface area contributed by atoms with E-state index in [2.05, 4.69) is 35.3 Å². The smallest absolute Gasteiger partial charge is 0.125 e. The molecule has 1 aromatic heterocycles. The number of aromatic nitrogens is 1. The van der Waals surface area contributed by atoms with Crippen molar-refractivity contribution in [2.45, 2.75) is 33.4 Å². The van der Waals surface area contributed by atoms with Crippen molar-refractivity contribution >= 4 is 5.69 Å². The van der Waals surface area contributed by atoms with Crippen molar-refractivity contribution < 1.29 is 4.39 Å². The van der Waals surface area contributed by atoms with E-state index in [1.54, 1.807) is 0 Å². The molecule has 2 aromatic rings. The Bertz CT molecular complexity index is 497. The summed E-state index contributed by atoms with van der Waals surface area (Å²) in [6.45, 7) is 5.82. The number of hydrogen-bond donors (Lipinski definition) is 1. The van der Waals surface area contributed by atoms with E-state index in [1.165, 1.54) is 17.7 Å². The number of nitrogens with one attached hydrogen (secondary N) is 1. The third-order valence-electron chi connectivity index (χ3n) is 2.83. The van der Waals surface area contributed by atoms with E-state index < -0.39 is 0 Å². The normalized spacial score (nSPS) is 10.6. The molecule has 0 fully saturated rings. The lowest BCUT2D eigenvalue weighted by atomic mass is 10.2. The van der Waals surface area contributed by atoms with Crippen molar-refractivity contribution in [3.05, 3.63) is 53.6 Å². The third kappa shape index (κ3) is 3.36. The molecule has 2 nitrogen and oxygen atoms in total. The zero-order valence-corrected chi connectivity index (χ0v) is 10.9. The van der Waals surface area contributed by atoms with Gasteiger partial charge in [0.25, 0.3) is 0 Å². The first-order valence-corrected chi connectivity index (χ1v) is 6.33. The first-order valence-electron chi connectivity index (χ1n) is 6.33. The van der Waals surface area contributed by atoms with Gasteiger partial charge >= 0.3 is 0 Å². The van der Waals surface area contributed by atoms with Crippen LogP contribution in [0, 0.1) is 12.7 Å². The Labute approximate surface area is 107 Å². The van der Waals surface area contributed by atoms with Crippen molar-refractivity contribution in [3.63, 3.8) is 0 Å². The lowest BCUT2D eigenvalue weighted by Crippen LogP contribution is -1.99. The van der Waals surface area contributed by atoms with Crippen LogP contribution in [0.4, 0.5) is 10.1 Å². The highest BCUT2D eigenvalue weighted by Crippen LogP contribution is 2.14.